The van der Waals surface area contributed by atoms with E-state index < -0.39 is 6.29 Å². The zero-order chi connectivity index (χ0) is 30.0. The van der Waals surface area contributed by atoms with Gasteiger partial charge in [0.2, 0.25) is 0 Å². The number of aliphatic hydroxyl groups is 1. The molecule has 1 fully saturated rings. The second kappa shape index (κ2) is 15.1. The third-order valence-electron chi connectivity index (χ3n) is 7.60. The summed E-state index contributed by atoms with van der Waals surface area (Å²) in [4.78, 5) is 13.4. The van der Waals surface area contributed by atoms with Crippen molar-refractivity contribution in [3.05, 3.63) is 131 Å². The van der Waals surface area contributed by atoms with E-state index in [-0.39, 0.29) is 30.8 Å². The number of aliphatic hydroxyl groups excluding tert-OH is 1. The lowest BCUT2D eigenvalue weighted by molar-refractivity contribution is -0.268. The van der Waals surface area contributed by atoms with E-state index in [1.165, 1.54) is 0 Å². The molecular formula is C35H38N2O5S. The molecule has 4 aromatic carbocycles. The van der Waals surface area contributed by atoms with E-state index in [1.807, 2.05) is 97.1 Å². The Balaban J connectivity index is 1.26. The highest BCUT2D eigenvalue weighted by molar-refractivity contribution is 7.99. The van der Waals surface area contributed by atoms with Gasteiger partial charge < -0.3 is 30.0 Å². The van der Waals surface area contributed by atoms with E-state index in [4.69, 9.17) is 14.2 Å². The zero-order valence-electron chi connectivity index (χ0n) is 24.4. The minimum atomic E-state index is -0.557. The third kappa shape index (κ3) is 8.18. The van der Waals surface area contributed by atoms with Crippen molar-refractivity contribution in [1.29, 1.82) is 0 Å². The van der Waals surface area contributed by atoms with Gasteiger partial charge in [-0.05, 0) is 34.4 Å². The quantitative estimate of drug-likeness (QED) is 0.165. The Morgan fingerprint density at radius 1 is 0.791 bits per heavy atom. The van der Waals surface area contributed by atoms with Gasteiger partial charge in [-0.3, -0.25) is 0 Å². The summed E-state index contributed by atoms with van der Waals surface area (Å²) >= 11 is 1.71. The lowest BCUT2D eigenvalue weighted by Gasteiger charge is -2.41. The van der Waals surface area contributed by atoms with Crippen LogP contribution in [0.15, 0.2) is 108 Å². The van der Waals surface area contributed by atoms with Crippen molar-refractivity contribution in [1.82, 2.24) is 10.6 Å². The smallest absolute Gasteiger partial charge is 0.315 e. The molecule has 8 heteroatoms. The Bertz CT molecular complexity index is 1450. The number of carbonyl (C=O) groups excluding carboxylic acids is 1. The van der Waals surface area contributed by atoms with Gasteiger partial charge in [-0.15, -0.1) is 11.8 Å². The van der Waals surface area contributed by atoms with Gasteiger partial charge in [-0.25, -0.2) is 4.79 Å². The van der Waals surface area contributed by atoms with Crippen molar-refractivity contribution in [2.45, 2.75) is 50.0 Å². The predicted molar refractivity (Wildman–Crippen MR) is 169 cm³/mol. The molecule has 0 bridgehead atoms. The van der Waals surface area contributed by atoms with E-state index in [9.17, 15) is 9.90 Å². The summed E-state index contributed by atoms with van der Waals surface area (Å²) in [5, 5.41) is 15.3. The number of hydrogen-bond donors (Lipinski definition) is 3. The van der Waals surface area contributed by atoms with Crippen molar-refractivity contribution in [3.8, 4) is 5.75 Å². The van der Waals surface area contributed by atoms with E-state index in [0.717, 1.165) is 44.2 Å². The molecule has 5 rings (SSSR count). The summed E-state index contributed by atoms with van der Waals surface area (Å²) in [5.41, 5.74) is 4.84. The number of amides is 2. The van der Waals surface area contributed by atoms with E-state index in [1.54, 1.807) is 18.9 Å². The molecule has 1 aliphatic rings. The Morgan fingerprint density at radius 2 is 1.40 bits per heavy atom. The van der Waals surface area contributed by atoms with Crippen molar-refractivity contribution in [2.24, 2.45) is 5.92 Å². The highest BCUT2D eigenvalue weighted by atomic mass is 32.2. The first kappa shape index (κ1) is 30.6. The van der Waals surface area contributed by atoms with Crippen LogP contribution in [-0.4, -0.2) is 30.1 Å². The lowest BCUT2D eigenvalue weighted by atomic mass is 9.91. The van der Waals surface area contributed by atoms with Crippen molar-refractivity contribution < 1.29 is 24.1 Å². The molecule has 0 aromatic heterocycles. The largest absolute Gasteiger partial charge is 0.496 e. The molecule has 1 saturated heterocycles. The normalized spacial score (nSPS) is 19.9. The van der Waals surface area contributed by atoms with Crippen LogP contribution in [0.5, 0.6) is 5.75 Å². The maximum atomic E-state index is 12.3. The molecule has 0 unspecified atom stereocenters. The Labute approximate surface area is 257 Å². The van der Waals surface area contributed by atoms with Crippen LogP contribution in [0.2, 0.25) is 0 Å². The molecule has 0 radical (unpaired) electrons. The minimum absolute atomic E-state index is 0.00115. The fourth-order valence-electron chi connectivity index (χ4n) is 5.04. The van der Waals surface area contributed by atoms with Crippen LogP contribution >= 0.6 is 11.8 Å². The molecular weight excluding hydrogens is 560 g/mol. The first-order valence-electron chi connectivity index (χ1n) is 14.4. The van der Waals surface area contributed by atoms with Crippen molar-refractivity contribution >= 4 is 17.8 Å². The van der Waals surface area contributed by atoms with E-state index in [0.29, 0.717) is 13.1 Å². The van der Waals surface area contributed by atoms with Gasteiger partial charge in [-0.2, -0.15) is 0 Å². The highest BCUT2D eigenvalue weighted by Crippen LogP contribution is 2.43. The summed E-state index contributed by atoms with van der Waals surface area (Å²) in [6, 6.07) is 33.5. The Kier molecular flexibility index (Phi) is 10.7. The number of benzene rings is 4. The molecule has 7 nitrogen and oxygen atoms in total. The predicted octanol–water partition coefficient (Wildman–Crippen LogP) is 6.77. The first-order valence-corrected chi connectivity index (χ1v) is 15.4. The summed E-state index contributed by atoms with van der Waals surface area (Å²) in [7, 11) is 1.69. The number of para-hydroxylation sites is 1. The van der Waals surface area contributed by atoms with Gasteiger partial charge >= 0.3 is 6.03 Å². The topological polar surface area (TPSA) is 89.1 Å². The fourth-order valence-corrected chi connectivity index (χ4v) is 6.23. The third-order valence-corrected chi connectivity index (χ3v) is 8.74. The summed E-state index contributed by atoms with van der Waals surface area (Å²) < 4.78 is 18.7. The van der Waals surface area contributed by atoms with E-state index in [2.05, 4.69) is 23.6 Å². The zero-order valence-corrected chi connectivity index (χ0v) is 25.3. The molecule has 3 N–H and O–H groups in total. The molecule has 0 spiro atoms. The molecule has 43 heavy (non-hydrogen) atoms. The van der Waals surface area contributed by atoms with Gasteiger partial charge in [0.05, 0.1) is 25.9 Å². The number of methoxy groups -OCH3 is 1. The second-order valence-electron chi connectivity index (χ2n) is 10.5. The van der Waals surface area contributed by atoms with Crippen molar-refractivity contribution in [3.63, 3.8) is 0 Å². The molecule has 1 heterocycles. The maximum absolute atomic E-state index is 12.3. The molecule has 4 aromatic rings. The van der Waals surface area contributed by atoms with Gasteiger partial charge in [0, 0.05) is 35.2 Å². The highest BCUT2D eigenvalue weighted by Gasteiger charge is 2.38. The van der Waals surface area contributed by atoms with Crippen LogP contribution < -0.4 is 15.4 Å². The Hall–Kier alpha value is -3.82. The summed E-state index contributed by atoms with van der Waals surface area (Å²) in [5.74, 6) is 1.65. The molecule has 1 aliphatic heterocycles. The van der Waals surface area contributed by atoms with E-state index >= 15 is 0 Å². The van der Waals surface area contributed by atoms with Crippen LogP contribution in [-0.2, 0) is 29.2 Å². The van der Waals surface area contributed by atoms with Gasteiger partial charge in [0.15, 0.2) is 6.29 Å². The van der Waals surface area contributed by atoms with Crippen LogP contribution in [0.3, 0.4) is 0 Å². The number of carbonyl (C=O) groups is 1. The first-order chi connectivity index (χ1) is 21.0. The van der Waals surface area contributed by atoms with Crippen LogP contribution in [0, 0.1) is 5.92 Å². The molecule has 2 amide bonds. The summed E-state index contributed by atoms with van der Waals surface area (Å²) in [6.45, 7) is 3.04. The fraction of sp³-hybridized carbons (Fsp3) is 0.286. The number of ether oxygens (including phenoxy) is 3. The number of rotatable bonds is 11. The Morgan fingerprint density at radius 3 is 2.07 bits per heavy atom. The van der Waals surface area contributed by atoms with Gasteiger partial charge in [0.25, 0.3) is 0 Å². The SMILES string of the molecule is COc1ccccc1SC[C@H]1O[C@@H](c2ccc(CNC(=O)NCc3ccccc3)cc2)O[C@@H](c2ccc(CO)cc2)[C@H]1C. The molecule has 0 aliphatic carbocycles. The number of thioether (sulfide) groups is 1. The second-order valence-corrected chi connectivity index (χ2v) is 11.6. The minimum Gasteiger partial charge on any atom is -0.496 e. The monoisotopic (exact) mass is 598 g/mol. The maximum Gasteiger partial charge on any atom is 0.315 e. The average Bonchev–Trinajstić information content (AvgIpc) is 3.07. The van der Waals surface area contributed by atoms with Gasteiger partial charge in [0.1, 0.15) is 5.75 Å². The summed E-state index contributed by atoms with van der Waals surface area (Å²) in [6.07, 6.45) is -0.839. The number of nitrogens with one attached hydrogen (secondary N) is 2. The van der Waals surface area contributed by atoms with Gasteiger partial charge in [-0.1, -0.05) is 97.9 Å². The standard InChI is InChI=1S/C35H38N2O5S/c1-24-31(23-43-32-11-7-6-10-30(32)40-2)41-34(42-33(24)28-16-14-27(22-38)15-17-28)29-18-12-26(13-19-29)21-37-35(39)36-20-25-8-4-3-5-9-25/h3-19,24,31,33-34,38H,20-23H2,1-2H3,(H2,36,37,39)/t24-,31+,33+,34+/m0/s1. The molecule has 4 atom stereocenters. The number of hydrogen-bond acceptors (Lipinski definition) is 6. The van der Waals surface area contributed by atoms with Crippen LogP contribution in [0.1, 0.15) is 47.1 Å². The van der Waals surface area contributed by atoms with Crippen LogP contribution in [0.25, 0.3) is 0 Å². The van der Waals surface area contributed by atoms with Crippen LogP contribution in [0.4, 0.5) is 4.79 Å². The molecule has 0 saturated carbocycles. The molecule has 224 valence electrons. The average molecular weight is 599 g/mol. The van der Waals surface area contributed by atoms with Crippen molar-refractivity contribution in [2.75, 3.05) is 12.9 Å². The number of urea groups is 1. The lowest BCUT2D eigenvalue weighted by Crippen LogP contribution is -2.38.